The van der Waals surface area contributed by atoms with Gasteiger partial charge in [-0.05, 0) is 19.4 Å². The van der Waals surface area contributed by atoms with Crippen molar-refractivity contribution < 1.29 is 23.2 Å². The van der Waals surface area contributed by atoms with Crippen molar-refractivity contribution >= 4 is 21.7 Å². The van der Waals surface area contributed by atoms with Crippen LogP contribution in [0.25, 0.3) is 0 Å². The Morgan fingerprint density at radius 1 is 1.48 bits per heavy atom. The average molecular weight is 316 g/mol. The van der Waals surface area contributed by atoms with Crippen LogP contribution in [0.2, 0.25) is 0 Å². The van der Waals surface area contributed by atoms with Gasteiger partial charge < -0.3 is 5.11 Å². The second kappa shape index (κ2) is 6.64. The Labute approximate surface area is 122 Å². The maximum Gasteiger partial charge on any atom is 0.321 e. The van der Waals surface area contributed by atoms with Crippen LogP contribution in [-0.4, -0.2) is 30.5 Å². The lowest BCUT2D eigenvalue weighted by atomic mass is 10.2. The minimum absolute atomic E-state index is 0.0318. The minimum Gasteiger partial charge on any atom is -0.480 e. The molecule has 1 aromatic rings. The molecule has 116 valence electrons. The highest BCUT2D eigenvalue weighted by Crippen LogP contribution is 2.24. The number of nitro benzene ring substituents is 1. The highest BCUT2D eigenvalue weighted by atomic mass is 32.2. The number of carbonyl (C=O) groups is 1. The molecule has 0 unspecified atom stereocenters. The quantitative estimate of drug-likeness (QED) is 0.579. The van der Waals surface area contributed by atoms with Crippen LogP contribution >= 0.6 is 0 Å². The Hall–Kier alpha value is -2.00. The van der Waals surface area contributed by atoms with E-state index in [1.54, 1.807) is 6.92 Å². The predicted octanol–water partition coefficient (Wildman–Crippen LogP) is 1.43. The molecule has 0 spiro atoms. The first-order valence-corrected chi connectivity index (χ1v) is 7.68. The second-order valence-corrected chi connectivity index (χ2v) is 6.14. The van der Waals surface area contributed by atoms with E-state index in [0.717, 1.165) is 0 Å². The Morgan fingerprint density at radius 2 is 2.10 bits per heavy atom. The fourth-order valence-corrected chi connectivity index (χ4v) is 3.35. The van der Waals surface area contributed by atoms with Gasteiger partial charge in [0.25, 0.3) is 5.69 Å². The van der Waals surface area contributed by atoms with Gasteiger partial charge in [-0.1, -0.05) is 19.4 Å². The largest absolute Gasteiger partial charge is 0.480 e. The topological polar surface area (TPSA) is 127 Å². The lowest BCUT2D eigenvalue weighted by Crippen LogP contribution is -2.40. The number of aliphatic carboxylic acids is 1. The van der Waals surface area contributed by atoms with Crippen LogP contribution < -0.4 is 4.72 Å². The van der Waals surface area contributed by atoms with Gasteiger partial charge in [-0.15, -0.1) is 0 Å². The Morgan fingerprint density at radius 3 is 2.57 bits per heavy atom. The van der Waals surface area contributed by atoms with Gasteiger partial charge in [0.15, 0.2) is 0 Å². The normalized spacial score (nSPS) is 12.9. The first-order valence-electron chi connectivity index (χ1n) is 6.19. The van der Waals surface area contributed by atoms with Crippen LogP contribution in [-0.2, 0) is 14.8 Å². The van der Waals surface area contributed by atoms with Crippen LogP contribution in [0, 0.1) is 17.0 Å². The van der Waals surface area contributed by atoms with Crippen LogP contribution in [0.5, 0.6) is 0 Å². The fraction of sp³-hybridized carbons (Fsp3) is 0.417. The molecule has 0 aliphatic heterocycles. The molecular weight excluding hydrogens is 300 g/mol. The van der Waals surface area contributed by atoms with Crippen LogP contribution in [0.4, 0.5) is 5.69 Å². The number of carboxylic acids is 1. The summed E-state index contributed by atoms with van der Waals surface area (Å²) in [5, 5.41) is 19.8. The van der Waals surface area contributed by atoms with E-state index in [0.29, 0.717) is 6.42 Å². The third-order valence-corrected chi connectivity index (χ3v) is 4.53. The van der Waals surface area contributed by atoms with Crippen molar-refractivity contribution in [2.45, 2.75) is 37.6 Å². The summed E-state index contributed by atoms with van der Waals surface area (Å²) in [7, 11) is -4.15. The van der Waals surface area contributed by atoms with Gasteiger partial charge in [-0.3, -0.25) is 14.9 Å². The minimum atomic E-state index is -4.15. The van der Waals surface area contributed by atoms with Crippen molar-refractivity contribution in [3.05, 3.63) is 33.9 Å². The first-order chi connectivity index (χ1) is 9.70. The molecule has 0 aliphatic carbocycles. The number of sulfonamides is 1. The highest BCUT2D eigenvalue weighted by molar-refractivity contribution is 7.89. The van der Waals surface area contributed by atoms with Crippen molar-refractivity contribution in [2.24, 2.45) is 0 Å². The zero-order chi connectivity index (χ0) is 16.2. The first kappa shape index (κ1) is 17.1. The molecule has 0 radical (unpaired) electrons. The molecule has 0 saturated carbocycles. The summed E-state index contributed by atoms with van der Waals surface area (Å²) >= 11 is 0. The standard InChI is InChI=1S/C12H16N2O6S/c1-3-5-9(12(15)16)13-21(19,20)11-7-4-6-10(8(11)2)14(17)18/h4,6-7,9,13H,3,5H2,1-2H3,(H,15,16)/t9-/m0/s1. The van der Waals surface area contributed by atoms with Crippen LogP contribution in [0.15, 0.2) is 23.1 Å². The average Bonchev–Trinajstić information content (AvgIpc) is 2.37. The molecule has 9 heteroatoms. The number of hydrogen-bond acceptors (Lipinski definition) is 5. The molecule has 0 aliphatic rings. The SMILES string of the molecule is CCC[C@H](NS(=O)(=O)c1cccc([N+](=O)[O-])c1C)C(=O)O. The zero-order valence-corrected chi connectivity index (χ0v) is 12.4. The summed E-state index contributed by atoms with van der Waals surface area (Å²) in [6.07, 6.45) is 0.607. The lowest BCUT2D eigenvalue weighted by Gasteiger charge is -2.15. The third kappa shape index (κ3) is 3.99. The monoisotopic (exact) mass is 316 g/mol. The molecule has 21 heavy (non-hydrogen) atoms. The van der Waals surface area contributed by atoms with Gasteiger partial charge in [-0.25, -0.2) is 8.42 Å². The summed E-state index contributed by atoms with van der Waals surface area (Å²) in [6.45, 7) is 3.03. The third-order valence-electron chi connectivity index (χ3n) is 2.91. The number of nitrogens with zero attached hydrogens (tertiary/aromatic N) is 1. The molecule has 0 bridgehead atoms. The highest BCUT2D eigenvalue weighted by Gasteiger charge is 2.28. The number of carboxylic acid groups (broad SMARTS) is 1. The molecule has 0 fully saturated rings. The molecule has 0 saturated heterocycles. The molecule has 8 nitrogen and oxygen atoms in total. The molecule has 0 aromatic heterocycles. The van der Waals surface area contributed by atoms with Gasteiger partial charge in [0.1, 0.15) is 6.04 Å². The maximum atomic E-state index is 12.2. The Kier molecular flexibility index (Phi) is 5.39. The van der Waals surface area contributed by atoms with E-state index in [1.807, 2.05) is 0 Å². The van der Waals surface area contributed by atoms with Crippen molar-refractivity contribution in [1.29, 1.82) is 0 Å². The number of hydrogen-bond donors (Lipinski definition) is 2. The molecule has 1 aromatic carbocycles. The molecule has 2 N–H and O–H groups in total. The number of nitro groups is 1. The van der Waals surface area contributed by atoms with Gasteiger partial charge in [0, 0.05) is 11.6 Å². The number of benzene rings is 1. The van der Waals surface area contributed by atoms with Crippen LogP contribution in [0.1, 0.15) is 25.3 Å². The number of nitrogens with one attached hydrogen (secondary N) is 1. The van der Waals surface area contributed by atoms with E-state index in [-0.39, 0.29) is 22.6 Å². The van der Waals surface area contributed by atoms with E-state index < -0.39 is 27.0 Å². The molecule has 1 atom stereocenters. The summed E-state index contributed by atoms with van der Waals surface area (Å²) < 4.78 is 26.5. The van der Waals surface area contributed by atoms with Crippen LogP contribution in [0.3, 0.4) is 0 Å². The van der Waals surface area contributed by atoms with Gasteiger partial charge >= 0.3 is 5.97 Å². The summed E-state index contributed by atoms with van der Waals surface area (Å²) in [5.74, 6) is -1.29. The van der Waals surface area contributed by atoms with Gasteiger partial charge in [0.2, 0.25) is 10.0 Å². The van der Waals surface area contributed by atoms with E-state index in [9.17, 15) is 23.3 Å². The maximum absolute atomic E-state index is 12.2. The van der Waals surface area contributed by atoms with E-state index in [4.69, 9.17) is 5.11 Å². The summed E-state index contributed by atoms with van der Waals surface area (Å²) in [6, 6.07) is 2.37. The Bertz CT molecular complexity index is 656. The molecule has 0 heterocycles. The van der Waals surface area contributed by atoms with E-state index in [2.05, 4.69) is 4.72 Å². The summed E-state index contributed by atoms with van der Waals surface area (Å²) in [4.78, 5) is 20.9. The van der Waals surface area contributed by atoms with Crippen molar-refractivity contribution in [3.8, 4) is 0 Å². The van der Waals surface area contributed by atoms with Crippen molar-refractivity contribution in [1.82, 2.24) is 4.72 Å². The van der Waals surface area contributed by atoms with Crippen molar-refractivity contribution in [2.75, 3.05) is 0 Å². The lowest BCUT2D eigenvalue weighted by molar-refractivity contribution is -0.385. The smallest absolute Gasteiger partial charge is 0.321 e. The van der Waals surface area contributed by atoms with E-state index in [1.165, 1.54) is 25.1 Å². The molecule has 1 rings (SSSR count). The number of rotatable bonds is 7. The molecule has 0 amide bonds. The Balaban J connectivity index is 3.22. The van der Waals surface area contributed by atoms with Gasteiger partial charge in [-0.2, -0.15) is 4.72 Å². The predicted molar refractivity (Wildman–Crippen MR) is 74.5 cm³/mol. The van der Waals surface area contributed by atoms with E-state index >= 15 is 0 Å². The zero-order valence-electron chi connectivity index (χ0n) is 11.6. The second-order valence-electron chi connectivity index (χ2n) is 4.46. The molecular formula is C12H16N2O6S. The summed E-state index contributed by atoms with van der Waals surface area (Å²) in [5.41, 5.74) is -0.365. The van der Waals surface area contributed by atoms with Crippen molar-refractivity contribution in [3.63, 3.8) is 0 Å². The fourth-order valence-electron chi connectivity index (χ4n) is 1.86. The van der Waals surface area contributed by atoms with Gasteiger partial charge in [0.05, 0.1) is 9.82 Å².